The van der Waals surface area contributed by atoms with Crippen molar-refractivity contribution in [2.24, 2.45) is 0 Å². The molecule has 1 unspecified atom stereocenters. The second kappa shape index (κ2) is 5.99. The number of carboxylic acid groups (broad SMARTS) is 1. The van der Waals surface area contributed by atoms with E-state index in [9.17, 15) is 19.5 Å². The third-order valence-electron chi connectivity index (χ3n) is 3.71. The minimum absolute atomic E-state index is 0.100. The summed E-state index contributed by atoms with van der Waals surface area (Å²) >= 11 is 0. The summed E-state index contributed by atoms with van der Waals surface area (Å²) in [5, 5.41) is 14.3. The molecule has 3 N–H and O–H groups in total. The number of hydrogen-bond donors (Lipinski definition) is 3. The minimum Gasteiger partial charge on any atom is -0.480 e. The summed E-state index contributed by atoms with van der Waals surface area (Å²) in [6, 6.07) is 2.20. The molecule has 0 spiro atoms. The van der Waals surface area contributed by atoms with Gasteiger partial charge in [-0.05, 0) is 31.9 Å². The van der Waals surface area contributed by atoms with Crippen LogP contribution in [0.5, 0.6) is 0 Å². The number of nitrogens with one attached hydrogen (secondary N) is 2. The molecule has 21 heavy (non-hydrogen) atoms. The summed E-state index contributed by atoms with van der Waals surface area (Å²) in [4.78, 5) is 35.2. The fourth-order valence-electron chi connectivity index (χ4n) is 2.46. The molecule has 0 aromatic carbocycles. The van der Waals surface area contributed by atoms with Crippen LogP contribution in [0.4, 0.5) is 0 Å². The van der Waals surface area contributed by atoms with Gasteiger partial charge in [0.1, 0.15) is 11.6 Å². The molecule has 0 aliphatic heterocycles. The number of carbonyl (C=O) groups excluding carboxylic acids is 2. The van der Waals surface area contributed by atoms with Crippen LogP contribution in [-0.4, -0.2) is 34.5 Å². The summed E-state index contributed by atoms with van der Waals surface area (Å²) in [6.07, 6.45) is 3.71. The number of rotatable bonds is 5. The maximum absolute atomic E-state index is 12.1. The average molecular weight is 294 g/mol. The third kappa shape index (κ3) is 3.24. The number of hydrogen-bond acceptors (Lipinski definition) is 4. The van der Waals surface area contributed by atoms with Crippen LogP contribution in [0.25, 0.3) is 0 Å². The molecule has 7 nitrogen and oxygen atoms in total. The van der Waals surface area contributed by atoms with Crippen LogP contribution in [0.1, 0.15) is 43.2 Å². The van der Waals surface area contributed by atoms with Crippen molar-refractivity contribution in [2.75, 3.05) is 0 Å². The van der Waals surface area contributed by atoms with Crippen molar-refractivity contribution in [2.45, 2.75) is 44.2 Å². The quantitative estimate of drug-likeness (QED) is 0.748. The Hall–Kier alpha value is -2.31. The first kappa shape index (κ1) is 15.1. The van der Waals surface area contributed by atoms with E-state index in [1.165, 1.54) is 19.3 Å². The average Bonchev–Trinajstić information content (AvgIpc) is 3.10. The Bertz CT molecular complexity index is 532. The summed E-state index contributed by atoms with van der Waals surface area (Å²) in [6.45, 7) is 1.50. The van der Waals surface area contributed by atoms with E-state index in [2.05, 4.69) is 10.6 Å². The van der Waals surface area contributed by atoms with Gasteiger partial charge in [0.2, 0.25) is 5.91 Å². The van der Waals surface area contributed by atoms with E-state index in [0.29, 0.717) is 12.8 Å². The van der Waals surface area contributed by atoms with Gasteiger partial charge in [-0.1, -0.05) is 12.8 Å². The van der Waals surface area contributed by atoms with E-state index in [0.717, 1.165) is 12.8 Å². The van der Waals surface area contributed by atoms with Crippen LogP contribution in [0.15, 0.2) is 22.8 Å². The normalized spacial score (nSPS) is 18.0. The number of aliphatic carboxylic acids is 1. The fourth-order valence-corrected chi connectivity index (χ4v) is 2.46. The minimum atomic E-state index is -1.21. The monoisotopic (exact) mass is 294 g/mol. The van der Waals surface area contributed by atoms with Crippen molar-refractivity contribution >= 4 is 17.8 Å². The predicted molar refractivity (Wildman–Crippen MR) is 72.6 cm³/mol. The fraction of sp³-hybridized carbons (Fsp3) is 0.500. The molecule has 1 aromatic rings. The molecule has 1 aromatic heterocycles. The van der Waals surface area contributed by atoms with Crippen LogP contribution in [0, 0.1) is 0 Å². The van der Waals surface area contributed by atoms with Gasteiger partial charge in [-0.15, -0.1) is 0 Å². The number of carbonyl (C=O) groups is 3. The topological polar surface area (TPSA) is 109 Å². The van der Waals surface area contributed by atoms with Crippen molar-refractivity contribution in [3.05, 3.63) is 24.2 Å². The van der Waals surface area contributed by atoms with E-state index in [1.807, 2.05) is 0 Å². The zero-order chi connectivity index (χ0) is 15.5. The smallest absolute Gasteiger partial charge is 0.329 e. The molecule has 1 saturated carbocycles. The van der Waals surface area contributed by atoms with Crippen molar-refractivity contribution in [1.82, 2.24) is 10.6 Å². The Morgan fingerprint density at radius 3 is 2.52 bits per heavy atom. The summed E-state index contributed by atoms with van der Waals surface area (Å²) in [5.74, 6) is -1.96. The molecular weight excluding hydrogens is 276 g/mol. The Kier molecular flexibility index (Phi) is 4.30. The summed E-state index contributed by atoms with van der Waals surface area (Å²) < 4.78 is 4.93. The predicted octanol–water partition coefficient (Wildman–Crippen LogP) is 0.911. The molecule has 1 fully saturated rings. The van der Waals surface area contributed by atoms with Gasteiger partial charge >= 0.3 is 5.97 Å². The number of furan rings is 1. The molecule has 0 bridgehead atoms. The first-order valence-corrected chi connectivity index (χ1v) is 6.84. The molecule has 114 valence electrons. The SMILES string of the molecule is CC(NC(=O)c1ccco1)C(=O)NC1(C(=O)O)CCCC1. The Balaban J connectivity index is 1.96. The van der Waals surface area contributed by atoms with Crippen LogP contribution < -0.4 is 10.6 Å². The van der Waals surface area contributed by atoms with Gasteiger partial charge in [0.05, 0.1) is 6.26 Å². The van der Waals surface area contributed by atoms with Gasteiger partial charge in [-0.3, -0.25) is 9.59 Å². The first-order chi connectivity index (χ1) is 9.94. The molecule has 7 heteroatoms. The highest BCUT2D eigenvalue weighted by Crippen LogP contribution is 2.29. The van der Waals surface area contributed by atoms with Crippen molar-refractivity contribution in [3.8, 4) is 0 Å². The number of carboxylic acids is 1. The lowest BCUT2D eigenvalue weighted by Crippen LogP contribution is -2.57. The van der Waals surface area contributed by atoms with Gasteiger partial charge in [-0.2, -0.15) is 0 Å². The van der Waals surface area contributed by atoms with E-state index in [1.54, 1.807) is 6.07 Å². The van der Waals surface area contributed by atoms with E-state index < -0.39 is 29.4 Å². The molecule has 1 atom stereocenters. The van der Waals surface area contributed by atoms with E-state index in [4.69, 9.17) is 4.42 Å². The highest BCUT2D eigenvalue weighted by Gasteiger charge is 2.43. The van der Waals surface area contributed by atoms with Crippen molar-refractivity contribution < 1.29 is 23.9 Å². The zero-order valence-electron chi connectivity index (χ0n) is 11.7. The van der Waals surface area contributed by atoms with Crippen molar-refractivity contribution in [1.29, 1.82) is 0 Å². The molecule has 1 aliphatic rings. The van der Waals surface area contributed by atoms with Crippen LogP contribution in [0.2, 0.25) is 0 Å². The highest BCUT2D eigenvalue weighted by molar-refractivity contribution is 5.96. The standard InChI is InChI=1S/C14H18N2O5/c1-9(15-12(18)10-5-4-8-21-10)11(17)16-14(13(19)20)6-2-3-7-14/h4-5,8-9H,2-3,6-7H2,1H3,(H,15,18)(H,16,17)(H,19,20). The van der Waals surface area contributed by atoms with Crippen LogP contribution >= 0.6 is 0 Å². The molecule has 2 amide bonds. The summed E-state index contributed by atoms with van der Waals surface area (Å²) in [7, 11) is 0. The second-order valence-corrected chi connectivity index (χ2v) is 5.26. The van der Waals surface area contributed by atoms with Crippen molar-refractivity contribution in [3.63, 3.8) is 0 Å². The number of amides is 2. The van der Waals surface area contributed by atoms with Gasteiger partial charge in [-0.25, -0.2) is 4.79 Å². The first-order valence-electron chi connectivity index (χ1n) is 6.84. The third-order valence-corrected chi connectivity index (χ3v) is 3.71. The van der Waals surface area contributed by atoms with Gasteiger partial charge < -0.3 is 20.2 Å². The van der Waals surface area contributed by atoms with Gasteiger partial charge in [0.15, 0.2) is 5.76 Å². The molecule has 1 aliphatic carbocycles. The zero-order valence-corrected chi connectivity index (χ0v) is 11.7. The maximum atomic E-state index is 12.1. The largest absolute Gasteiger partial charge is 0.480 e. The lowest BCUT2D eigenvalue weighted by molar-refractivity contribution is -0.147. The highest BCUT2D eigenvalue weighted by atomic mass is 16.4. The molecule has 0 radical (unpaired) electrons. The lowest BCUT2D eigenvalue weighted by atomic mass is 9.97. The van der Waals surface area contributed by atoms with Crippen LogP contribution in [-0.2, 0) is 9.59 Å². The second-order valence-electron chi connectivity index (χ2n) is 5.26. The molecular formula is C14H18N2O5. The lowest BCUT2D eigenvalue weighted by Gasteiger charge is -2.27. The van der Waals surface area contributed by atoms with E-state index >= 15 is 0 Å². The van der Waals surface area contributed by atoms with Gasteiger partial charge in [0, 0.05) is 0 Å². The van der Waals surface area contributed by atoms with E-state index in [-0.39, 0.29) is 5.76 Å². The molecule has 2 rings (SSSR count). The van der Waals surface area contributed by atoms with Gasteiger partial charge in [0.25, 0.3) is 5.91 Å². The maximum Gasteiger partial charge on any atom is 0.329 e. The Labute approximate surface area is 121 Å². The Morgan fingerprint density at radius 1 is 1.33 bits per heavy atom. The summed E-state index contributed by atoms with van der Waals surface area (Å²) in [5.41, 5.74) is -1.21. The van der Waals surface area contributed by atoms with Crippen LogP contribution in [0.3, 0.4) is 0 Å². The Morgan fingerprint density at radius 2 is 2.00 bits per heavy atom. The molecule has 0 saturated heterocycles. The molecule has 1 heterocycles.